The lowest BCUT2D eigenvalue weighted by Crippen LogP contribution is -2.21. The number of hydrogen-bond acceptors (Lipinski definition) is 2. The van der Waals surface area contributed by atoms with E-state index in [0.29, 0.717) is 0 Å². The molecule has 0 aliphatic heterocycles. The van der Waals surface area contributed by atoms with Gasteiger partial charge < -0.3 is 5.11 Å². The number of rotatable bonds is 5. The molecule has 2 atom stereocenters. The minimum absolute atomic E-state index is 0.0707. The Morgan fingerprint density at radius 2 is 2.08 bits per heavy atom. The first-order valence-electron chi connectivity index (χ1n) is 3.83. The van der Waals surface area contributed by atoms with Crippen LogP contribution in [0.2, 0.25) is 0 Å². The smallest absolute Gasteiger partial charge is 0.304 e. The van der Waals surface area contributed by atoms with Crippen LogP contribution in [0.25, 0.3) is 0 Å². The van der Waals surface area contributed by atoms with Gasteiger partial charge in [-0.3, -0.25) is 9.59 Å². The number of carboxylic acids is 1. The normalized spacial score (nSPS) is 14.8. The van der Waals surface area contributed by atoms with Gasteiger partial charge in [-0.2, -0.15) is 0 Å². The molecule has 0 bridgehead atoms. The predicted octanol–water partition coefficient (Wildman–Crippen LogP) is 1.49. The van der Waals surface area contributed by atoms with Crippen molar-refractivity contribution in [3.05, 3.63) is 12.7 Å². The van der Waals surface area contributed by atoms with Gasteiger partial charge in [0, 0.05) is 5.92 Å². The van der Waals surface area contributed by atoms with Gasteiger partial charge in [0.15, 0.2) is 0 Å². The van der Waals surface area contributed by atoms with Crippen molar-refractivity contribution >= 4 is 11.8 Å². The molecular weight excluding hydrogens is 156 g/mol. The molecule has 0 aromatic rings. The number of carboxylic acid groups (broad SMARTS) is 1. The van der Waals surface area contributed by atoms with Crippen molar-refractivity contribution in [2.45, 2.75) is 20.3 Å². The van der Waals surface area contributed by atoms with Gasteiger partial charge in [0.2, 0.25) is 0 Å². The predicted molar refractivity (Wildman–Crippen MR) is 45.8 cm³/mol. The van der Waals surface area contributed by atoms with Crippen molar-refractivity contribution in [3.8, 4) is 0 Å². The quantitative estimate of drug-likeness (QED) is 0.636. The Bertz CT molecular complexity index is 196. The van der Waals surface area contributed by atoms with E-state index in [1.807, 2.05) is 0 Å². The second-order valence-corrected chi connectivity index (χ2v) is 2.91. The molecule has 0 aliphatic rings. The summed E-state index contributed by atoms with van der Waals surface area (Å²) in [7, 11) is 0. The zero-order chi connectivity index (χ0) is 9.72. The minimum Gasteiger partial charge on any atom is -0.481 e. The maximum Gasteiger partial charge on any atom is 0.304 e. The third-order valence-corrected chi connectivity index (χ3v) is 1.92. The summed E-state index contributed by atoms with van der Waals surface area (Å²) in [4.78, 5) is 21.3. The summed E-state index contributed by atoms with van der Waals surface area (Å²) >= 11 is 0. The fraction of sp³-hybridized carbons (Fsp3) is 0.556. The Kier molecular flexibility index (Phi) is 4.26. The van der Waals surface area contributed by atoms with Crippen LogP contribution in [0.3, 0.4) is 0 Å². The van der Waals surface area contributed by atoms with Gasteiger partial charge in [0.1, 0.15) is 5.78 Å². The summed E-state index contributed by atoms with van der Waals surface area (Å²) in [6.45, 7) is 6.73. The molecule has 0 heterocycles. The van der Waals surface area contributed by atoms with Crippen LogP contribution in [0, 0.1) is 11.8 Å². The molecular formula is C9H14O3. The molecule has 0 radical (unpaired) electrons. The van der Waals surface area contributed by atoms with Crippen LogP contribution >= 0.6 is 0 Å². The largest absolute Gasteiger partial charge is 0.481 e. The fourth-order valence-corrected chi connectivity index (χ4v) is 1.05. The Labute approximate surface area is 72.1 Å². The third-order valence-electron chi connectivity index (χ3n) is 1.92. The van der Waals surface area contributed by atoms with E-state index >= 15 is 0 Å². The molecule has 0 spiro atoms. The SMILES string of the molecule is C=CC(C)C(CC(=O)O)C(C)=O. The van der Waals surface area contributed by atoms with Crippen LogP contribution in [0.5, 0.6) is 0 Å². The number of carbonyl (C=O) groups excluding carboxylic acids is 1. The lowest BCUT2D eigenvalue weighted by atomic mass is 9.88. The average Bonchev–Trinajstić information content (AvgIpc) is 1.98. The molecule has 0 fully saturated rings. The van der Waals surface area contributed by atoms with Gasteiger partial charge >= 0.3 is 5.97 Å². The molecule has 2 unspecified atom stereocenters. The van der Waals surface area contributed by atoms with Crippen molar-refractivity contribution in [1.82, 2.24) is 0 Å². The van der Waals surface area contributed by atoms with Gasteiger partial charge in [0.05, 0.1) is 6.42 Å². The maximum absolute atomic E-state index is 11.0. The van der Waals surface area contributed by atoms with Crippen LogP contribution in [0.15, 0.2) is 12.7 Å². The topological polar surface area (TPSA) is 54.4 Å². The van der Waals surface area contributed by atoms with Crippen molar-refractivity contribution < 1.29 is 14.7 Å². The molecule has 3 nitrogen and oxygen atoms in total. The number of allylic oxidation sites excluding steroid dienone is 1. The monoisotopic (exact) mass is 170 g/mol. The highest BCUT2D eigenvalue weighted by Crippen LogP contribution is 2.17. The van der Waals surface area contributed by atoms with Crippen LogP contribution in [-0.2, 0) is 9.59 Å². The van der Waals surface area contributed by atoms with Crippen molar-refractivity contribution in [3.63, 3.8) is 0 Å². The Balaban J connectivity index is 4.32. The van der Waals surface area contributed by atoms with Crippen molar-refractivity contribution in [2.24, 2.45) is 11.8 Å². The zero-order valence-electron chi connectivity index (χ0n) is 7.41. The van der Waals surface area contributed by atoms with Gasteiger partial charge in [-0.1, -0.05) is 13.0 Å². The second-order valence-electron chi connectivity index (χ2n) is 2.91. The van der Waals surface area contributed by atoms with E-state index in [1.165, 1.54) is 6.92 Å². The van der Waals surface area contributed by atoms with Gasteiger partial charge in [-0.25, -0.2) is 0 Å². The summed E-state index contributed by atoms with van der Waals surface area (Å²) in [6.07, 6.45) is 1.50. The Morgan fingerprint density at radius 3 is 2.33 bits per heavy atom. The standard InChI is InChI=1S/C9H14O3/c1-4-6(2)8(7(3)10)5-9(11)12/h4,6,8H,1,5H2,2-3H3,(H,11,12). The van der Waals surface area contributed by atoms with Crippen molar-refractivity contribution in [1.29, 1.82) is 0 Å². The molecule has 0 rings (SSSR count). The molecule has 12 heavy (non-hydrogen) atoms. The van der Waals surface area contributed by atoms with Crippen LogP contribution in [-0.4, -0.2) is 16.9 Å². The van der Waals surface area contributed by atoms with E-state index < -0.39 is 11.9 Å². The summed E-state index contributed by atoms with van der Waals surface area (Å²) in [5, 5.41) is 8.49. The zero-order valence-corrected chi connectivity index (χ0v) is 7.41. The Hall–Kier alpha value is -1.12. The summed E-state index contributed by atoms with van der Waals surface area (Å²) in [6, 6.07) is 0. The molecule has 0 saturated carbocycles. The average molecular weight is 170 g/mol. The minimum atomic E-state index is -0.941. The maximum atomic E-state index is 11.0. The molecule has 0 aromatic heterocycles. The lowest BCUT2D eigenvalue weighted by Gasteiger charge is -2.15. The van der Waals surface area contributed by atoms with E-state index in [9.17, 15) is 9.59 Å². The van der Waals surface area contributed by atoms with Gasteiger partial charge in [-0.15, -0.1) is 6.58 Å². The highest BCUT2D eigenvalue weighted by molar-refractivity contribution is 5.83. The first-order valence-corrected chi connectivity index (χ1v) is 3.83. The van der Waals surface area contributed by atoms with Crippen molar-refractivity contribution in [2.75, 3.05) is 0 Å². The highest BCUT2D eigenvalue weighted by Gasteiger charge is 2.22. The second kappa shape index (κ2) is 4.70. The van der Waals surface area contributed by atoms with E-state index in [0.717, 1.165) is 0 Å². The molecule has 1 N–H and O–H groups in total. The lowest BCUT2D eigenvalue weighted by molar-refractivity contribution is -0.140. The first-order chi connectivity index (χ1) is 5.49. The number of Topliss-reactive ketones (excluding diaryl/α,β-unsaturated/α-hetero) is 1. The number of aliphatic carboxylic acids is 1. The van der Waals surface area contributed by atoms with Gasteiger partial charge in [0.25, 0.3) is 0 Å². The highest BCUT2D eigenvalue weighted by atomic mass is 16.4. The first kappa shape index (κ1) is 10.9. The summed E-state index contributed by atoms with van der Waals surface area (Å²) in [5.74, 6) is -1.53. The molecule has 0 aromatic carbocycles. The molecule has 0 aliphatic carbocycles. The van der Waals surface area contributed by atoms with Crippen LogP contribution < -0.4 is 0 Å². The van der Waals surface area contributed by atoms with E-state index in [2.05, 4.69) is 6.58 Å². The van der Waals surface area contributed by atoms with Crippen LogP contribution in [0.1, 0.15) is 20.3 Å². The number of ketones is 1. The molecule has 0 amide bonds. The third kappa shape index (κ3) is 3.32. The summed E-state index contributed by atoms with van der Waals surface area (Å²) in [5.41, 5.74) is 0. The van der Waals surface area contributed by atoms with E-state index in [-0.39, 0.29) is 18.1 Å². The fourth-order valence-electron chi connectivity index (χ4n) is 1.05. The Morgan fingerprint density at radius 1 is 1.58 bits per heavy atom. The van der Waals surface area contributed by atoms with Crippen LogP contribution in [0.4, 0.5) is 0 Å². The number of hydrogen-bond donors (Lipinski definition) is 1. The van der Waals surface area contributed by atoms with E-state index in [1.54, 1.807) is 13.0 Å². The molecule has 0 saturated heterocycles. The van der Waals surface area contributed by atoms with E-state index in [4.69, 9.17) is 5.11 Å². The summed E-state index contributed by atoms with van der Waals surface area (Å²) < 4.78 is 0. The number of carbonyl (C=O) groups is 2. The van der Waals surface area contributed by atoms with Gasteiger partial charge in [-0.05, 0) is 12.8 Å². The molecule has 68 valence electrons. The molecule has 3 heteroatoms.